The SMILES string of the molecule is C[Si](C)(C)N/C(=C\[C-](N[Si](C)(C)C)c1ccccc1)c1ccccc1. The van der Waals surface area contributed by atoms with E-state index >= 15 is 0 Å². The number of rotatable bonds is 7. The van der Waals surface area contributed by atoms with Crippen LogP contribution < -0.4 is 9.96 Å². The summed E-state index contributed by atoms with van der Waals surface area (Å²) in [6.45, 7) is 14.0. The zero-order valence-corrected chi connectivity index (χ0v) is 18.4. The van der Waals surface area contributed by atoms with Crippen molar-refractivity contribution < 1.29 is 0 Å². The predicted molar refractivity (Wildman–Crippen MR) is 116 cm³/mol. The molecule has 2 nitrogen and oxygen atoms in total. The Morgan fingerprint density at radius 2 is 1.28 bits per heavy atom. The summed E-state index contributed by atoms with van der Waals surface area (Å²) in [4.78, 5) is 7.63. The third-order valence-corrected chi connectivity index (χ3v) is 5.52. The Morgan fingerprint density at radius 1 is 0.760 bits per heavy atom. The minimum absolute atomic E-state index is 1.20. The van der Waals surface area contributed by atoms with Crippen molar-refractivity contribution in [2.24, 2.45) is 0 Å². The first-order valence-corrected chi connectivity index (χ1v) is 15.9. The predicted octanol–water partition coefficient (Wildman–Crippen LogP) is 5.46. The van der Waals surface area contributed by atoms with Crippen molar-refractivity contribution >= 4 is 22.2 Å². The van der Waals surface area contributed by atoms with Crippen LogP contribution in [0.25, 0.3) is 5.70 Å². The molecule has 0 heterocycles. The summed E-state index contributed by atoms with van der Waals surface area (Å²) >= 11 is 0. The van der Waals surface area contributed by atoms with Crippen LogP contribution in [0.15, 0.2) is 66.7 Å². The van der Waals surface area contributed by atoms with Gasteiger partial charge in [-0.25, -0.2) is 0 Å². The maximum atomic E-state index is 3.81. The first kappa shape index (κ1) is 19.6. The monoisotopic (exact) mass is 367 g/mol. The molecule has 0 amide bonds. The van der Waals surface area contributed by atoms with Gasteiger partial charge in [-0.1, -0.05) is 81.7 Å². The number of hydrogen-bond acceptors (Lipinski definition) is 2. The molecule has 2 aromatic carbocycles. The zero-order valence-electron chi connectivity index (χ0n) is 16.4. The van der Waals surface area contributed by atoms with Crippen LogP contribution in [0.1, 0.15) is 11.1 Å². The van der Waals surface area contributed by atoms with Crippen molar-refractivity contribution in [2.45, 2.75) is 39.3 Å². The fraction of sp³-hybridized carbons (Fsp3) is 0.286. The molecule has 0 aliphatic heterocycles. The van der Waals surface area contributed by atoms with Crippen molar-refractivity contribution in [3.63, 3.8) is 0 Å². The van der Waals surface area contributed by atoms with Crippen LogP contribution in [0.4, 0.5) is 0 Å². The molecule has 25 heavy (non-hydrogen) atoms. The van der Waals surface area contributed by atoms with Crippen molar-refractivity contribution in [3.05, 3.63) is 83.9 Å². The van der Waals surface area contributed by atoms with Gasteiger partial charge in [0.2, 0.25) is 0 Å². The lowest BCUT2D eigenvalue weighted by Gasteiger charge is -2.33. The normalized spacial score (nSPS) is 12.8. The summed E-state index contributed by atoms with van der Waals surface area (Å²) in [5.74, 6) is 0. The molecule has 0 saturated heterocycles. The fourth-order valence-corrected chi connectivity index (χ4v) is 4.62. The summed E-state index contributed by atoms with van der Waals surface area (Å²) in [6, 6.07) is 22.4. The molecule has 0 fully saturated rings. The van der Waals surface area contributed by atoms with E-state index in [4.69, 9.17) is 0 Å². The van der Waals surface area contributed by atoms with Crippen LogP contribution in [0.5, 0.6) is 0 Å². The molecule has 0 aromatic heterocycles. The quantitative estimate of drug-likeness (QED) is 0.502. The van der Waals surface area contributed by atoms with E-state index in [1.165, 1.54) is 22.9 Å². The van der Waals surface area contributed by atoms with E-state index in [0.717, 1.165) is 0 Å². The number of nitrogens with one attached hydrogen (secondary N) is 2. The smallest absolute Gasteiger partial charge is 0.135 e. The molecule has 0 radical (unpaired) electrons. The summed E-state index contributed by atoms with van der Waals surface area (Å²) in [5, 5.41) is 0. The van der Waals surface area contributed by atoms with E-state index in [-0.39, 0.29) is 0 Å². The standard InChI is InChI=1S/C21H31N2Si2/c1-24(2,3)22-20(18-13-9-7-10-14-18)17-21(23-25(4,5)6)19-15-11-8-12-16-19/h7-17,22-23H,1-6H3/q-1/b20-17-. The van der Waals surface area contributed by atoms with Gasteiger partial charge in [-0.3, -0.25) is 0 Å². The highest BCUT2D eigenvalue weighted by molar-refractivity contribution is 6.75. The first-order valence-electron chi connectivity index (χ1n) is 8.90. The second-order valence-corrected chi connectivity index (χ2v) is 18.0. The highest BCUT2D eigenvalue weighted by Crippen LogP contribution is 2.22. The minimum atomic E-state index is -1.48. The van der Waals surface area contributed by atoms with E-state index in [1.54, 1.807) is 0 Å². The first-order chi connectivity index (χ1) is 11.6. The summed E-state index contributed by atoms with van der Waals surface area (Å²) in [6.07, 6.45) is 2.29. The highest BCUT2D eigenvalue weighted by atomic mass is 28.3. The van der Waals surface area contributed by atoms with Gasteiger partial charge in [-0.15, -0.1) is 35.9 Å². The largest absolute Gasteiger partial charge is 0.450 e. The Bertz CT molecular complexity index is 683. The molecule has 0 bridgehead atoms. The van der Waals surface area contributed by atoms with E-state index < -0.39 is 16.5 Å². The van der Waals surface area contributed by atoms with Crippen LogP contribution in [-0.4, -0.2) is 16.5 Å². The summed E-state index contributed by atoms with van der Waals surface area (Å²) < 4.78 is 0. The van der Waals surface area contributed by atoms with Crippen LogP contribution in [0.2, 0.25) is 39.3 Å². The summed E-state index contributed by atoms with van der Waals surface area (Å²) in [7, 11) is -2.96. The lowest BCUT2D eigenvalue weighted by atomic mass is 10.0. The molecule has 2 rings (SSSR count). The van der Waals surface area contributed by atoms with Gasteiger partial charge in [0.05, 0.1) is 0 Å². The molecule has 2 aromatic rings. The minimum Gasteiger partial charge on any atom is -0.450 e. The maximum absolute atomic E-state index is 3.81. The van der Waals surface area contributed by atoms with Gasteiger partial charge in [0.1, 0.15) is 16.5 Å². The molecule has 0 unspecified atom stereocenters. The highest BCUT2D eigenvalue weighted by Gasteiger charge is 2.18. The van der Waals surface area contributed by atoms with Crippen molar-refractivity contribution in [1.29, 1.82) is 0 Å². The van der Waals surface area contributed by atoms with Crippen molar-refractivity contribution in [1.82, 2.24) is 9.96 Å². The van der Waals surface area contributed by atoms with Crippen LogP contribution in [0, 0.1) is 6.04 Å². The third-order valence-electron chi connectivity index (χ3n) is 3.48. The lowest BCUT2D eigenvalue weighted by molar-refractivity contribution is 1.01. The Labute approximate surface area is 155 Å². The van der Waals surface area contributed by atoms with Gasteiger partial charge in [-0.2, -0.15) is 0 Å². The van der Waals surface area contributed by atoms with Gasteiger partial charge < -0.3 is 9.96 Å². The van der Waals surface area contributed by atoms with Crippen LogP contribution in [-0.2, 0) is 0 Å². The second-order valence-electron chi connectivity index (χ2n) is 8.45. The van der Waals surface area contributed by atoms with Gasteiger partial charge in [-0.05, 0) is 11.3 Å². The molecule has 134 valence electrons. The molecular weight excluding hydrogens is 336 g/mol. The molecule has 0 aliphatic carbocycles. The number of benzene rings is 2. The Morgan fingerprint density at radius 3 is 1.76 bits per heavy atom. The van der Waals surface area contributed by atoms with Gasteiger partial charge >= 0.3 is 0 Å². The van der Waals surface area contributed by atoms with E-state index in [1.807, 2.05) is 0 Å². The Hall–Kier alpha value is -1.76. The Kier molecular flexibility index (Phi) is 6.33. The van der Waals surface area contributed by atoms with Crippen molar-refractivity contribution in [3.8, 4) is 0 Å². The average Bonchev–Trinajstić information content (AvgIpc) is 2.53. The lowest BCUT2D eigenvalue weighted by Crippen LogP contribution is -2.44. The zero-order chi connectivity index (χ0) is 18.5. The van der Waals surface area contributed by atoms with Gasteiger partial charge in [0, 0.05) is 0 Å². The Balaban J connectivity index is 2.47. The second kappa shape index (κ2) is 8.08. The number of hydrogen-bond donors (Lipinski definition) is 2. The summed E-state index contributed by atoms with van der Waals surface area (Å²) in [5.41, 5.74) is 3.66. The average molecular weight is 368 g/mol. The van der Waals surface area contributed by atoms with E-state index in [0.29, 0.717) is 0 Å². The van der Waals surface area contributed by atoms with Crippen molar-refractivity contribution in [2.75, 3.05) is 0 Å². The van der Waals surface area contributed by atoms with E-state index in [9.17, 15) is 0 Å². The van der Waals surface area contributed by atoms with Gasteiger partial charge in [0.15, 0.2) is 0 Å². The van der Waals surface area contributed by atoms with E-state index in [2.05, 4.69) is 116 Å². The topological polar surface area (TPSA) is 24.1 Å². The molecular formula is C21H31N2Si2-. The fourth-order valence-electron chi connectivity index (χ4n) is 2.57. The molecule has 0 aliphatic rings. The molecule has 0 saturated carbocycles. The van der Waals surface area contributed by atoms with Crippen LogP contribution in [0.3, 0.4) is 0 Å². The van der Waals surface area contributed by atoms with Gasteiger partial charge in [0.25, 0.3) is 0 Å². The third kappa shape index (κ3) is 6.94. The molecule has 4 heteroatoms. The molecule has 2 N–H and O–H groups in total. The van der Waals surface area contributed by atoms with Crippen LogP contribution >= 0.6 is 0 Å². The molecule has 0 spiro atoms. The maximum Gasteiger partial charge on any atom is 0.135 e. The molecule has 0 atom stereocenters.